The van der Waals surface area contributed by atoms with E-state index in [9.17, 15) is 9.59 Å². The van der Waals surface area contributed by atoms with Crippen molar-refractivity contribution in [2.24, 2.45) is 0 Å². The van der Waals surface area contributed by atoms with Gasteiger partial charge in [0, 0.05) is 12.6 Å². The van der Waals surface area contributed by atoms with E-state index in [1.54, 1.807) is 0 Å². The molecule has 1 aliphatic rings. The molecule has 0 fully saturated rings. The number of carbonyl (C=O) groups excluding carboxylic acids is 1. The van der Waals surface area contributed by atoms with E-state index in [-0.39, 0.29) is 29.9 Å². The van der Waals surface area contributed by atoms with Gasteiger partial charge in [-0.1, -0.05) is 31.7 Å². The topological polar surface area (TPSA) is 93.3 Å². The summed E-state index contributed by atoms with van der Waals surface area (Å²) >= 11 is 1.21. The summed E-state index contributed by atoms with van der Waals surface area (Å²) in [6.07, 6.45) is 0. The van der Waals surface area contributed by atoms with Crippen LogP contribution in [0.2, 0.25) is 0 Å². The number of ether oxygens (including phenoxy) is 2. The quantitative estimate of drug-likeness (QED) is 0.604. The highest BCUT2D eigenvalue weighted by Crippen LogP contribution is 2.32. The van der Waals surface area contributed by atoms with Crippen LogP contribution in [-0.4, -0.2) is 28.4 Å². The van der Waals surface area contributed by atoms with E-state index >= 15 is 0 Å². The van der Waals surface area contributed by atoms with Crippen LogP contribution in [0.25, 0.3) is 0 Å². The lowest BCUT2D eigenvalue weighted by Crippen LogP contribution is -2.24. The normalized spacial score (nSPS) is 12.4. The second-order valence-electron chi connectivity index (χ2n) is 5.88. The Morgan fingerprint density at radius 3 is 2.92 bits per heavy atom. The molecular formula is C17H19N3O4S. The van der Waals surface area contributed by atoms with Gasteiger partial charge in [0.15, 0.2) is 16.7 Å². The summed E-state index contributed by atoms with van der Waals surface area (Å²) in [6, 6.07) is 7.03. The van der Waals surface area contributed by atoms with E-state index in [0.717, 1.165) is 5.56 Å². The molecule has 0 unspecified atom stereocenters. The number of aromatic amines is 1. The number of rotatable bonds is 6. The van der Waals surface area contributed by atoms with Gasteiger partial charge in [-0.3, -0.25) is 9.59 Å². The number of hydrogen-bond donors (Lipinski definition) is 2. The van der Waals surface area contributed by atoms with Crippen LogP contribution < -0.4 is 20.3 Å². The van der Waals surface area contributed by atoms with Gasteiger partial charge in [-0.25, -0.2) is 4.98 Å². The summed E-state index contributed by atoms with van der Waals surface area (Å²) in [5.41, 5.74) is 1.44. The molecule has 0 radical (unpaired) electrons. The Bertz CT molecular complexity index is 835. The van der Waals surface area contributed by atoms with E-state index in [0.29, 0.717) is 28.9 Å². The van der Waals surface area contributed by atoms with Crippen molar-refractivity contribution in [2.45, 2.75) is 31.5 Å². The van der Waals surface area contributed by atoms with Gasteiger partial charge in [0.25, 0.3) is 5.56 Å². The first kappa shape index (κ1) is 17.3. The van der Waals surface area contributed by atoms with Crippen LogP contribution in [0.3, 0.4) is 0 Å². The van der Waals surface area contributed by atoms with Gasteiger partial charge in [0.05, 0.1) is 11.4 Å². The molecule has 1 aliphatic heterocycles. The maximum Gasteiger partial charge on any atom is 0.251 e. The highest BCUT2D eigenvalue weighted by Gasteiger charge is 2.13. The highest BCUT2D eigenvalue weighted by molar-refractivity contribution is 7.99. The third-order valence-corrected chi connectivity index (χ3v) is 4.47. The molecule has 0 bridgehead atoms. The van der Waals surface area contributed by atoms with Gasteiger partial charge in [0.2, 0.25) is 12.7 Å². The number of benzene rings is 1. The van der Waals surface area contributed by atoms with Crippen LogP contribution in [0.5, 0.6) is 11.5 Å². The fraction of sp³-hybridized carbons (Fsp3) is 0.353. The fourth-order valence-corrected chi connectivity index (χ4v) is 2.97. The van der Waals surface area contributed by atoms with Gasteiger partial charge in [0.1, 0.15) is 0 Å². The van der Waals surface area contributed by atoms with Crippen LogP contribution in [-0.2, 0) is 11.3 Å². The molecule has 1 amide bonds. The van der Waals surface area contributed by atoms with Crippen molar-refractivity contribution >= 4 is 17.7 Å². The molecule has 1 aromatic carbocycles. The largest absolute Gasteiger partial charge is 0.454 e. The molecular weight excluding hydrogens is 342 g/mol. The number of carbonyl (C=O) groups is 1. The number of H-pyrrole nitrogens is 1. The van der Waals surface area contributed by atoms with Crippen molar-refractivity contribution in [2.75, 3.05) is 12.5 Å². The average Bonchev–Trinajstić information content (AvgIpc) is 3.05. The lowest BCUT2D eigenvalue weighted by atomic mass is 10.1. The summed E-state index contributed by atoms with van der Waals surface area (Å²) in [5.74, 6) is 1.59. The van der Waals surface area contributed by atoms with Crippen LogP contribution in [0.15, 0.2) is 34.2 Å². The number of hydrogen-bond acceptors (Lipinski definition) is 6. The second-order valence-corrected chi connectivity index (χ2v) is 6.85. The minimum Gasteiger partial charge on any atom is -0.454 e. The standard InChI is InChI=1S/C17H19N3O4S/c1-10(2)12-6-15(21)20-17(19-12)25-8-16(22)18-7-11-3-4-13-14(5-11)24-9-23-13/h3-6,10H,7-9H2,1-2H3,(H,18,22)(H,19,20,21). The Morgan fingerprint density at radius 2 is 2.12 bits per heavy atom. The van der Waals surface area contributed by atoms with E-state index in [4.69, 9.17) is 9.47 Å². The van der Waals surface area contributed by atoms with E-state index in [1.807, 2.05) is 32.0 Å². The van der Waals surface area contributed by atoms with Crippen LogP contribution in [0.1, 0.15) is 31.0 Å². The molecule has 0 saturated carbocycles. The predicted molar refractivity (Wildman–Crippen MR) is 94.1 cm³/mol. The summed E-state index contributed by atoms with van der Waals surface area (Å²) < 4.78 is 10.6. The van der Waals surface area contributed by atoms with E-state index in [1.165, 1.54) is 17.8 Å². The maximum absolute atomic E-state index is 12.0. The summed E-state index contributed by atoms with van der Waals surface area (Å²) in [4.78, 5) is 30.7. The molecule has 25 heavy (non-hydrogen) atoms. The molecule has 2 heterocycles. The first-order valence-corrected chi connectivity index (χ1v) is 8.89. The van der Waals surface area contributed by atoms with Crippen molar-refractivity contribution in [3.8, 4) is 11.5 Å². The second kappa shape index (κ2) is 7.60. The van der Waals surface area contributed by atoms with Crippen molar-refractivity contribution in [1.29, 1.82) is 0 Å². The van der Waals surface area contributed by atoms with Crippen molar-refractivity contribution < 1.29 is 14.3 Å². The molecule has 0 aliphatic carbocycles. The number of fused-ring (bicyclic) bond motifs is 1. The first-order valence-electron chi connectivity index (χ1n) is 7.90. The molecule has 0 saturated heterocycles. The maximum atomic E-state index is 12.0. The SMILES string of the molecule is CC(C)c1cc(=O)[nH]c(SCC(=O)NCc2ccc3c(c2)OCO3)n1. The Morgan fingerprint density at radius 1 is 1.32 bits per heavy atom. The van der Waals surface area contributed by atoms with Crippen molar-refractivity contribution in [1.82, 2.24) is 15.3 Å². The summed E-state index contributed by atoms with van der Waals surface area (Å²) in [7, 11) is 0. The first-order chi connectivity index (χ1) is 12.0. The van der Waals surface area contributed by atoms with Gasteiger partial charge in [-0.05, 0) is 23.6 Å². The molecule has 1 aromatic heterocycles. The number of nitrogens with one attached hydrogen (secondary N) is 2. The van der Waals surface area contributed by atoms with E-state index < -0.39 is 0 Å². The van der Waals surface area contributed by atoms with Gasteiger partial charge in [-0.15, -0.1) is 0 Å². The average molecular weight is 361 g/mol. The minimum absolute atomic E-state index is 0.139. The lowest BCUT2D eigenvalue weighted by Gasteiger charge is -2.08. The Balaban J connectivity index is 1.52. The molecule has 2 N–H and O–H groups in total. The van der Waals surface area contributed by atoms with Crippen molar-refractivity contribution in [3.63, 3.8) is 0 Å². The third kappa shape index (κ3) is 4.54. The number of aromatic nitrogens is 2. The van der Waals surface area contributed by atoms with Crippen molar-refractivity contribution in [3.05, 3.63) is 45.9 Å². The molecule has 132 valence electrons. The zero-order valence-electron chi connectivity index (χ0n) is 14.0. The number of nitrogens with zero attached hydrogens (tertiary/aromatic N) is 1. The smallest absolute Gasteiger partial charge is 0.251 e. The highest BCUT2D eigenvalue weighted by atomic mass is 32.2. The molecule has 7 nitrogen and oxygen atoms in total. The third-order valence-electron chi connectivity index (χ3n) is 3.60. The van der Waals surface area contributed by atoms with Crippen LogP contribution in [0, 0.1) is 0 Å². The number of thioether (sulfide) groups is 1. The predicted octanol–water partition coefficient (Wildman–Crippen LogP) is 2.03. The monoisotopic (exact) mass is 361 g/mol. The zero-order chi connectivity index (χ0) is 17.8. The Hall–Kier alpha value is -2.48. The summed E-state index contributed by atoms with van der Waals surface area (Å²) in [5, 5.41) is 3.29. The van der Waals surface area contributed by atoms with Crippen LogP contribution >= 0.6 is 11.8 Å². The number of amides is 1. The molecule has 0 atom stereocenters. The van der Waals surface area contributed by atoms with Crippen LogP contribution in [0.4, 0.5) is 0 Å². The Labute approximate surface area is 149 Å². The van der Waals surface area contributed by atoms with Gasteiger partial charge < -0.3 is 19.8 Å². The lowest BCUT2D eigenvalue weighted by molar-refractivity contribution is -0.118. The fourth-order valence-electron chi connectivity index (χ4n) is 2.25. The van der Waals surface area contributed by atoms with E-state index in [2.05, 4.69) is 15.3 Å². The molecule has 0 spiro atoms. The minimum atomic E-state index is -0.207. The molecule has 2 aromatic rings. The summed E-state index contributed by atoms with van der Waals surface area (Å²) in [6.45, 7) is 4.55. The molecule has 8 heteroatoms. The Kier molecular flexibility index (Phi) is 5.28. The van der Waals surface area contributed by atoms with Gasteiger partial charge >= 0.3 is 0 Å². The molecule has 3 rings (SSSR count). The zero-order valence-corrected chi connectivity index (χ0v) is 14.8. The van der Waals surface area contributed by atoms with Gasteiger partial charge in [-0.2, -0.15) is 0 Å².